The molecular formula is C13H17NO5S. The van der Waals surface area contributed by atoms with Crippen LogP contribution in [0.1, 0.15) is 30.1 Å². The fraction of sp³-hybridized carbons (Fsp3) is 0.385. The lowest BCUT2D eigenvalue weighted by atomic mass is 10.1. The summed E-state index contributed by atoms with van der Waals surface area (Å²) in [6.45, 7) is 1.76. The molecule has 0 saturated heterocycles. The lowest BCUT2D eigenvalue weighted by Gasteiger charge is -2.15. The van der Waals surface area contributed by atoms with Crippen molar-refractivity contribution < 1.29 is 23.1 Å². The zero-order valence-electron chi connectivity index (χ0n) is 11.3. The van der Waals surface area contributed by atoms with E-state index in [4.69, 9.17) is 5.11 Å². The molecule has 0 saturated carbocycles. The highest BCUT2D eigenvalue weighted by molar-refractivity contribution is 7.90. The lowest BCUT2D eigenvalue weighted by molar-refractivity contribution is -0.137. The predicted octanol–water partition coefficient (Wildman–Crippen LogP) is 1.07. The average molecular weight is 299 g/mol. The molecule has 0 aliphatic carbocycles. The molecule has 1 atom stereocenters. The number of nitrogens with one attached hydrogen (secondary N) is 1. The highest BCUT2D eigenvalue weighted by Crippen LogP contribution is 2.12. The molecule has 1 rings (SSSR count). The molecule has 1 aromatic rings. The minimum atomic E-state index is -3.39. The van der Waals surface area contributed by atoms with E-state index in [1.807, 2.05) is 0 Å². The molecule has 0 spiro atoms. The van der Waals surface area contributed by atoms with Crippen LogP contribution in [0.3, 0.4) is 0 Å². The third-order valence-corrected chi connectivity index (χ3v) is 3.88. The molecule has 20 heavy (non-hydrogen) atoms. The van der Waals surface area contributed by atoms with Gasteiger partial charge in [0.15, 0.2) is 9.84 Å². The minimum Gasteiger partial charge on any atom is -0.481 e. The number of aliphatic carboxylic acids is 1. The quantitative estimate of drug-likeness (QED) is 0.818. The van der Waals surface area contributed by atoms with E-state index in [0.29, 0.717) is 6.42 Å². The molecule has 2 N–H and O–H groups in total. The van der Waals surface area contributed by atoms with Crippen LogP contribution in [-0.2, 0) is 14.6 Å². The van der Waals surface area contributed by atoms with E-state index in [9.17, 15) is 18.0 Å². The molecule has 0 heterocycles. The van der Waals surface area contributed by atoms with Gasteiger partial charge < -0.3 is 10.4 Å². The Morgan fingerprint density at radius 1 is 1.35 bits per heavy atom. The summed E-state index contributed by atoms with van der Waals surface area (Å²) in [4.78, 5) is 22.7. The van der Waals surface area contributed by atoms with Crippen LogP contribution in [0.2, 0.25) is 0 Å². The molecule has 0 aromatic heterocycles. The summed E-state index contributed by atoms with van der Waals surface area (Å²) in [5.74, 6) is -1.48. The van der Waals surface area contributed by atoms with Gasteiger partial charge in [0.1, 0.15) is 0 Å². The van der Waals surface area contributed by atoms with Gasteiger partial charge in [-0.15, -0.1) is 0 Å². The number of hydrogen-bond donors (Lipinski definition) is 2. The van der Waals surface area contributed by atoms with E-state index < -0.39 is 27.8 Å². The molecule has 0 aliphatic heterocycles. The fourth-order valence-electron chi connectivity index (χ4n) is 1.64. The van der Waals surface area contributed by atoms with E-state index >= 15 is 0 Å². The summed E-state index contributed by atoms with van der Waals surface area (Å²) in [6, 6.07) is 5.15. The summed E-state index contributed by atoms with van der Waals surface area (Å²) in [5.41, 5.74) is 0.191. The molecule has 0 bridgehead atoms. The maximum absolute atomic E-state index is 12.0. The second-order valence-electron chi connectivity index (χ2n) is 4.48. The van der Waals surface area contributed by atoms with Crippen LogP contribution >= 0.6 is 0 Å². The van der Waals surface area contributed by atoms with Crippen molar-refractivity contribution in [1.82, 2.24) is 5.32 Å². The van der Waals surface area contributed by atoms with Gasteiger partial charge in [0.05, 0.1) is 11.3 Å². The molecule has 6 nitrogen and oxygen atoms in total. The molecule has 1 amide bonds. The van der Waals surface area contributed by atoms with Gasteiger partial charge in [-0.3, -0.25) is 9.59 Å². The summed E-state index contributed by atoms with van der Waals surface area (Å²) in [6.07, 6.45) is 1.36. The van der Waals surface area contributed by atoms with Crippen molar-refractivity contribution in [1.29, 1.82) is 0 Å². The number of amides is 1. The van der Waals surface area contributed by atoms with Gasteiger partial charge in [0.2, 0.25) is 0 Å². The lowest BCUT2D eigenvalue weighted by Crippen LogP contribution is -2.36. The average Bonchev–Trinajstić information content (AvgIpc) is 2.36. The van der Waals surface area contributed by atoms with Crippen LogP contribution in [0, 0.1) is 0 Å². The second kappa shape index (κ2) is 6.51. The first-order valence-corrected chi connectivity index (χ1v) is 7.96. The molecule has 110 valence electrons. The van der Waals surface area contributed by atoms with Crippen LogP contribution < -0.4 is 5.32 Å². The third-order valence-electron chi connectivity index (χ3n) is 2.77. The smallest absolute Gasteiger partial charge is 0.305 e. The topological polar surface area (TPSA) is 101 Å². The van der Waals surface area contributed by atoms with Gasteiger partial charge in [-0.2, -0.15) is 0 Å². The number of hydrogen-bond acceptors (Lipinski definition) is 4. The molecule has 1 aromatic carbocycles. The van der Waals surface area contributed by atoms with E-state index in [0.717, 1.165) is 6.26 Å². The Bertz CT molecular complexity index is 609. The van der Waals surface area contributed by atoms with Crippen molar-refractivity contribution in [3.8, 4) is 0 Å². The van der Waals surface area contributed by atoms with Crippen LogP contribution in [0.15, 0.2) is 29.2 Å². The number of rotatable bonds is 6. The van der Waals surface area contributed by atoms with Gasteiger partial charge in [-0.1, -0.05) is 13.0 Å². The monoisotopic (exact) mass is 299 g/mol. The van der Waals surface area contributed by atoms with Gasteiger partial charge in [-0.25, -0.2) is 8.42 Å². The summed E-state index contributed by atoms with van der Waals surface area (Å²) in [5, 5.41) is 11.3. The zero-order chi connectivity index (χ0) is 15.3. The van der Waals surface area contributed by atoms with Gasteiger partial charge in [0, 0.05) is 17.9 Å². The standard InChI is InChI=1S/C13H17NO5S/c1-3-10(8-12(15)16)14-13(17)9-5-4-6-11(7-9)20(2,18)19/h4-7,10H,3,8H2,1-2H3,(H,14,17)(H,15,16). The summed E-state index contributed by atoms with van der Waals surface area (Å²) in [7, 11) is -3.39. The van der Waals surface area contributed by atoms with Crippen LogP contribution in [0.4, 0.5) is 0 Å². The fourth-order valence-corrected chi connectivity index (χ4v) is 2.31. The number of carbonyl (C=O) groups is 2. The molecule has 7 heteroatoms. The molecule has 0 radical (unpaired) electrons. The number of carbonyl (C=O) groups excluding carboxylic acids is 1. The maximum Gasteiger partial charge on any atom is 0.305 e. The summed E-state index contributed by atoms with van der Waals surface area (Å²) < 4.78 is 22.8. The minimum absolute atomic E-state index is 0.0523. The van der Waals surface area contributed by atoms with Crippen molar-refractivity contribution >= 4 is 21.7 Å². The van der Waals surface area contributed by atoms with Gasteiger partial charge in [0.25, 0.3) is 5.91 Å². The largest absolute Gasteiger partial charge is 0.481 e. The van der Waals surface area contributed by atoms with Crippen molar-refractivity contribution in [3.05, 3.63) is 29.8 Å². The van der Waals surface area contributed by atoms with Crippen LogP contribution in [-0.4, -0.2) is 37.7 Å². The first kappa shape index (κ1) is 16.2. The first-order valence-electron chi connectivity index (χ1n) is 6.06. The van der Waals surface area contributed by atoms with Crippen molar-refractivity contribution in [2.24, 2.45) is 0 Å². The number of carboxylic acid groups (broad SMARTS) is 1. The third kappa shape index (κ3) is 4.65. The van der Waals surface area contributed by atoms with Crippen LogP contribution in [0.25, 0.3) is 0 Å². The molecule has 1 unspecified atom stereocenters. The maximum atomic E-state index is 12.0. The SMILES string of the molecule is CCC(CC(=O)O)NC(=O)c1cccc(S(C)(=O)=O)c1. The van der Waals surface area contributed by atoms with Gasteiger partial charge >= 0.3 is 5.97 Å². The highest BCUT2D eigenvalue weighted by atomic mass is 32.2. The Morgan fingerprint density at radius 3 is 2.50 bits per heavy atom. The first-order chi connectivity index (χ1) is 9.24. The molecule has 0 fully saturated rings. The number of carboxylic acids is 1. The Balaban J connectivity index is 2.90. The van der Waals surface area contributed by atoms with Gasteiger partial charge in [-0.05, 0) is 24.6 Å². The Morgan fingerprint density at radius 2 is 2.00 bits per heavy atom. The number of sulfone groups is 1. The Kier molecular flexibility index (Phi) is 5.26. The van der Waals surface area contributed by atoms with Crippen molar-refractivity contribution in [2.45, 2.75) is 30.7 Å². The zero-order valence-corrected chi connectivity index (χ0v) is 12.1. The Labute approximate surface area is 117 Å². The second-order valence-corrected chi connectivity index (χ2v) is 6.49. The predicted molar refractivity (Wildman–Crippen MR) is 73.3 cm³/mol. The van der Waals surface area contributed by atoms with E-state index in [-0.39, 0.29) is 16.9 Å². The van der Waals surface area contributed by atoms with E-state index in [1.165, 1.54) is 24.3 Å². The van der Waals surface area contributed by atoms with Crippen molar-refractivity contribution in [2.75, 3.05) is 6.26 Å². The normalized spacial score (nSPS) is 12.7. The number of benzene rings is 1. The van der Waals surface area contributed by atoms with E-state index in [2.05, 4.69) is 5.32 Å². The highest BCUT2D eigenvalue weighted by Gasteiger charge is 2.16. The van der Waals surface area contributed by atoms with Crippen molar-refractivity contribution in [3.63, 3.8) is 0 Å². The molecular weight excluding hydrogens is 282 g/mol. The van der Waals surface area contributed by atoms with E-state index in [1.54, 1.807) is 6.92 Å². The summed E-state index contributed by atoms with van der Waals surface area (Å²) >= 11 is 0. The Hall–Kier alpha value is -1.89. The molecule has 0 aliphatic rings. The van der Waals surface area contributed by atoms with Crippen LogP contribution in [0.5, 0.6) is 0 Å².